The van der Waals surface area contributed by atoms with Crippen molar-refractivity contribution in [2.75, 3.05) is 19.0 Å². The predicted molar refractivity (Wildman–Crippen MR) is 101 cm³/mol. The Kier molecular flexibility index (Phi) is 6.50. The van der Waals surface area contributed by atoms with Gasteiger partial charge in [-0.15, -0.1) is 0 Å². The van der Waals surface area contributed by atoms with Gasteiger partial charge >= 0.3 is 11.9 Å². The molecule has 2 unspecified atom stereocenters. The Labute approximate surface area is 158 Å². The van der Waals surface area contributed by atoms with E-state index in [2.05, 4.69) is 10.3 Å². The zero-order valence-corrected chi connectivity index (χ0v) is 16.2. The van der Waals surface area contributed by atoms with Crippen molar-refractivity contribution < 1.29 is 23.9 Å². The summed E-state index contributed by atoms with van der Waals surface area (Å²) in [6.07, 6.45) is 0. The quantitative estimate of drug-likeness (QED) is 0.802. The van der Waals surface area contributed by atoms with Crippen molar-refractivity contribution in [1.82, 2.24) is 0 Å². The van der Waals surface area contributed by atoms with Crippen molar-refractivity contribution in [1.29, 1.82) is 0 Å². The number of hydrogen-bond acceptors (Lipinski definition) is 6. The predicted octanol–water partition coefficient (Wildman–Crippen LogP) is 2.83. The van der Waals surface area contributed by atoms with Gasteiger partial charge in [-0.05, 0) is 38.5 Å². The van der Waals surface area contributed by atoms with Crippen molar-refractivity contribution in [3.8, 4) is 0 Å². The Morgan fingerprint density at radius 1 is 1.22 bits per heavy atom. The van der Waals surface area contributed by atoms with E-state index in [0.29, 0.717) is 28.2 Å². The molecule has 1 aromatic rings. The summed E-state index contributed by atoms with van der Waals surface area (Å²) in [7, 11) is 1.30. The molecule has 27 heavy (non-hydrogen) atoms. The van der Waals surface area contributed by atoms with Crippen LogP contribution in [0.5, 0.6) is 0 Å². The molecule has 0 fully saturated rings. The van der Waals surface area contributed by atoms with E-state index in [1.807, 2.05) is 0 Å². The summed E-state index contributed by atoms with van der Waals surface area (Å²) in [4.78, 5) is 40.9. The van der Waals surface area contributed by atoms with Crippen molar-refractivity contribution in [2.24, 2.45) is 10.9 Å². The number of nitrogens with zero attached hydrogens (tertiary/aromatic N) is 1. The van der Waals surface area contributed by atoms with Gasteiger partial charge < -0.3 is 14.8 Å². The fraction of sp³-hybridized carbons (Fsp3) is 0.400. The van der Waals surface area contributed by atoms with Crippen LogP contribution in [0.2, 0.25) is 0 Å². The summed E-state index contributed by atoms with van der Waals surface area (Å²) in [5.41, 5.74) is 2.64. The molecule has 0 bridgehead atoms. The lowest BCUT2D eigenvalue weighted by Gasteiger charge is -2.31. The molecule has 0 spiro atoms. The van der Waals surface area contributed by atoms with Gasteiger partial charge in [-0.2, -0.15) is 0 Å². The number of hydrogen-bond donors (Lipinski definition) is 1. The van der Waals surface area contributed by atoms with Gasteiger partial charge in [0.2, 0.25) is 5.91 Å². The summed E-state index contributed by atoms with van der Waals surface area (Å²) in [5, 5.41) is 2.72. The number of nitrogens with one attached hydrogen (secondary N) is 1. The maximum Gasteiger partial charge on any atom is 0.336 e. The van der Waals surface area contributed by atoms with Crippen LogP contribution in [0.3, 0.4) is 0 Å². The van der Waals surface area contributed by atoms with E-state index >= 15 is 0 Å². The highest BCUT2D eigenvalue weighted by molar-refractivity contribution is 6.07. The molecule has 1 amide bonds. The normalized spacial score (nSPS) is 19.2. The van der Waals surface area contributed by atoms with Gasteiger partial charge in [0, 0.05) is 29.9 Å². The highest BCUT2D eigenvalue weighted by Gasteiger charge is 2.42. The number of benzene rings is 1. The second-order valence-corrected chi connectivity index (χ2v) is 6.26. The third kappa shape index (κ3) is 4.42. The lowest BCUT2D eigenvalue weighted by molar-refractivity contribution is -0.144. The topological polar surface area (TPSA) is 94.1 Å². The van der Waals surface area contributed by atoms with Crippen molar-refractivity contribution in [2.45, 2.75) is 33.6 Å². The summed E-state index contributed by atoms with van der Waals surface area (Å²) in [5.74, 6) is -2.60. The van der Waals surface area contributed by atoms with E-state index < -0.39 is 23.8 Å². The fourth-order valence-corrected chi connectivity index (χ4v) is 3.32. The van der Waals surface area contributed by atoms with Crippen LogP contribution in [0.1, 0.15) is 39.2 Å². The number of ether oxygens (including phenoxy) is 2. The number of allylic oxidation sites excluding steroid dienone is 1. The van der Waals surface area contributed by atoms with Crippen LogP contribution in [0.15, 0.2) is 40.5 Å². The zero-order valence-electron chi connectivity index (χ0n) is 16.2. The fourth-order valence-electron chi connectivity index (χ4n) is 3.32. The molecule has 1 aliphatic heterocycles. The third-order valence-electron chi connectivity index (χ3n) is 4.34. The Bertz CT molecular complexity index is 825. The minimum atomic E-state index is -0.759. The number of aliphatic imine (C=N–C) groups is 1. The van der Waals surface area contributed by atoms with Gasteiger partial charge in [0.15, 0.2) is 0 Å². The lowest BCUT2D eigenvalue weighted by Crippen LogP contribution is -2.36. The Balaban J connectivity index is 2.63. The first-order valence-electron chi connectivity index (χ1n) is 8.68. The molecule has 0 aromatic heterocycles. The van der Waals surface area contributed by atoms with Crippen molar-refractivity contribution >= 4 is 29.2 Å². The van der Waals surface area contributed by atoms with E-state index in [9.17, 15) is 14.4 Å². The first-order chi connectivity index (χ1) is 12.8. The van der Waals surface area contributed by atoms with E-state index in [1.54, 1.807) is 45.0 Å². The summed E-state index contributed by atoms with van der Waals surface area (Å²) in [6.45, 7) is 6.79. The number of methoxy groups -OCH3 is 1. The molecule has 0 saturated heterocycles. The average Bonchev–Trinajstić information content (AvgIpc) is 2.60. The molecule has 7 heteroatoms. The standard InChI is InChI=1S/C20H24N2O5/c1-6-27-20(25)17-12(3)21-11(2)16(19(24)26-5)18(17)14-8-7-9-15(10-14)22-13(4)23/h7-10,16,18H,6H2,1-5H3,(H,22,23). The molecule has 1 N–H and O–H groups in total. The number of rotatable bonds is 5. The van der Waals surface area contributed by atoms with Crippen LogP contribution in [-0.2, 0) is 23.9 Å². The molecule has 0 saturated carbocycles. The van der Waals surface area contributed by atoms with E-state index in [1.165, 1.54) is 14.0 Å². The second-order valence-electron chi connectivity index (χ2n) is 6.26. The molecule has 7 nitrogen and oxygen atoms in total. The van der Waals surface area contributed by atoms with Crippen LogP contribution in [0, 0.1) is 5.92 Å². The SMILES string of the molecule is CCOC(=O)C1=C(C)N=C(C)C(C(=O)OC)C1c1cccc(NC(C)=O)c1. The number of carbonyl (C=O) groups is 3. The van der Waals surface area contributed by atoms with Crippen LogP contribution in [-0.4, -0.2) is 37.3 Å². The molecular formula is C20H24N2O5. The van der Waals surface area contributed by atoms with Gasteiger partial charge in [0.05, 0.1) is 19.3 Å². The highest BCUT2D eigenvalue weighted by Crippen LogP contribution is 2.40. The first-order valence-corrected chi connectivity index (χ1v) is 8.68. The van der Waals surface area contributed by atoms with Gasteiger partial charge in [0.1, 0.15) is 5.92 Å². The largest absolute Gasteiger partial charge is 0.468 e. The maximum absolute atomic E-state index is 12.6. The molecular weight excluding hydrogens is 348 g/mol. The minimum Gasteiger partial charge on any atom is -0.468 e. The second kappa shape index (κ2) is 8.62. The molecule has 2 atom stereocenters. The summed E-state index contributed by atoms with van der Waals surface area (Å²) >= 11 is 0. The minimum absolute atomic E-state index is 0.208. The molecule has 1 heterocycles. The number of carbonyl (C=O) groups excluding carboxylic acids is 3. The molecule has 144 valence electrons. The molecule has 0 radical (unpaired) electrons. The molecule has 0 aliphatic carbocycles. The van der Waals surface area contributed by atoms with E-state index in [0.717, 1.165) is 0 Å². The van der Waals surface area contributed by atoms with Gasteiger partial charge in [-0.1, -0.05) is 12.1 Å². The van der Waals surface area contributed by atoms with Crippen molar-refractivity contribution in [3.05, 3.63) is 41.1 Å². The molecule has 1 aromatic carbocycles. The average molecular weight is 372 g/mol. The summed E-state index contributed by atoms with van der Waals surface area (Å²) in [6, 6.07) is 7.04. The maximum atomic E-state index is 12.6. The lowest BCUT2D eigenvalue weighted by atomic mass is 9.75. The Hall–Kier alpha value is -2.96. The van der Waals surface area contributed by atoms with Crippen LogP contribution in [0.25, 0.3) is 0 Å². The van der Waals surface area contributed by atoms with Gasteiger partial charge in [0.25, 0.3) is 0 Å². The number of anilines is 1. The first kappa shape index (κ1) is 20.4. The van der Waals surface area contributed by atoms with Gasteiger partial charge in [-0.3, -0.25) is 14.6 Å². The third-order valence-corrected chi connectivity index (χ3v) is 4.34. The number of amides is 1. The molecule has 2 rings (SSSR count). The molecule has 1 aliphatic rings. The van der Waals surface area contributed by atoms with Crippen LogP contribution >= 0.6 is 0 Å². The van der Waals surface area contributed by atoms with Crippen molar-refractivity contribution in [3.63, 3.8) is 0 Å². The van der Waals surface area contributed by atoms with E-state index in [-0.39, 0.29) is 12.5 Å². The van der Waals surface area contributed by atoms with Gasteiger partial charge in [-0.25, -0.2) is 4.79 Å². The Morgan fingerprint density at radius 2 is 1.93 bits per heavy atom. The zero-order chi connectivity index (χ0) is 20.1. The van der Waals surface area contributed by atoms with Crippen LogP contribution < -0.4 is 5.32 Å². The van der Waals surface area contributed by atoms with Crippen LogP contribution in [0.4, 0.5) is 5.69 Å². The monoisotopic (exact) mass is 372 g/mol. The highest BCUT2D eigenvalue weighted by atomic mass is 16.5. The van der Waals surface area contributed by atoms with E-state index in [4.69, 9.17) is 9.47 Å². The summed E-state index contributed by atoms with van der Waals surface area (Å²) < 4.78 is 10.2. The smallest absolute Gasteiger partial charge is 0.336 e. The number of esters is 2. The Morgan fingerprint density at radius 3 is 2.52 bits per heavy atom.